The average molecular weight is 391 g/mol. The summed E-state index contributed by atoms with van der Waals surface area (Å²) in [6.45, 7) is 4.90. The Labute approximate surface area is 161 Å². The zero-order valence-corrected chi connectivity index (χ0v) is 16.7. The standard InChI is InChI=1S/C20H26N2O4S/c1-15(2)18-7-4-5-8-19(18)22-20(23)16-9-11-17(12-10-16)27(24,25)21-13-6-14-26-3/h4-5,7-12,15,21H,6,13-14H2,1-3H3,(H,22,23). The predicted octanol–water partition coefficient (Wildman–Crippen LogP) is 3.38. The van der Waals surface area contributed by atoms with Gasteiger partial charge in [0.05, 0.1) is 4.90 Å². The lowest BCUT2D eigenvalue weighted by Gasteiger charge is -2.14. The molecular formula is C20H26N2O4S. The molecule has 0 unspecified atom stereocenters. The molecule has 0 spiro atoms. The molecule has 0 aliphatic rings. The third-order valence-electron chi connectivity index (χ3n) is 4.08. The minimum atomic E-state index is -3.60. The second-order valence-corrected chi connectivity index (χ2v) is 8.23. The number of hydrogen-bond donors (Lipinski definition) is 2. The molecule has 0 bridgehead atoms. The molecule has 0 saturated heterocycles. The number of benzene rings is 2. The van der Waals surface area contributed by atoms with Crippen molar-refractivity contribution < 1.29 is 17.9 Å². The highest BCUT2D eigenvalue weighted by atomic mass is 32.2. The van der Waals surface area contributed by atoms with E-state index in [0.29, 0.717) is 25.1 Å². The highest BCUT2D eigenvalue weighted by Crippen LogP contribution is 2.24. The first-order valence-corrected chi connectivity index (χ1v) is 10.3. The van der Waals surface area contributed by atoms with Crippen LogP contribution in [-0.2, 0) is 14.8 Å². The first-order valence-electron chi connectivity index (χ1n) is 8.84. The molecule has 1 amide bonds. The summed E-state index contributed by atoms with van der Waals surface area (Å²) in [5.74, 6) is -0.00157. The maximum Gasteiger partial charge on any atom is 0.255 e. The van der Waals surface area contributed by atoms with Crippen molar-refractivity contribution in [3.63, 3.8) is 0 Å². The van der Waals surface area contributed by atoms with Crippen molar-refractivity contribution in [2.75, 3.05) is 25.6 Å². The minimum Gasteiger partial charge on any atom is -0.385 e. The molecule has 6 nitrogen and oxygen atoms in total. The molecule has 146 valence electrons. The summed E-state index contributed by atoms with van der Waals surface area (Å²) in [5, 5.41) is 2.90. The van der Waals surface area contributed by atoms with E-state index in [4.69, 9.17) is 4.74 Å². The summed E-state index contributed by atoms with van der Waals surface area (Å²) < 4.78 is 31.9. The first-order chi connectivity index (χ1) is 12.8. The van der Waals surface area contributed by atoms with Crippen LogP contribution >= 0.6 is 0 Å². The fourth-order valence-corrected chi connectivity index (χ4v) is 3.67. The summed E-state index contributed by atoms with van der Waals surface area (Å²) in [4.78, 5) is 12.6. The van der Waals surface area contributed by atoms with Crippen LogP contribution < -0.4 is 10.0 Å². The van der Waals surface area contributed by atoms with Crippen LogP contribution in [0.3, 0.4) is 0 Å². The molecule has 0 aliphatic carbocycles. The van der Waals surface area contributed by atoms with Crippen LogP contribution in [0.5, 0.6) is 0 Å². The summed E-state index contributed by atoms with van der Waals surface area (Å²) >= 11 is 0. The van der Waals surface area contributed by atoms with E-state index in [-0.39, 0.29) is 16.7 Å². The van der Waals surface area contributed by atoms with Gasteiger partial charge in [-0.25, -0.2) is 13.1 Å². The topological polar surface area (TPSA) is 84.5 Å². The molecule has 0 aliphatic heterocycles. The van der Waals surface area contributed by atoms with Crippen LogP contribution in [0.25, 0.3) is 0 Å². The molecule has 0 saturated carbocycles. The fraction of sp³-hybridized carbons (Fsp3) is 0.350. The third kappa shape index (κ3) is 5.89. The van der Waals surface area contributed by atoms with Crippen molar-refractivity contribution in [1.82, 2.24) is 4.72 Å². The number of para-hydroxylation sites is 1. The van der Waals surface area contributed by atoms with E-state index in [2.05, 4.69) is 23.9 Å². The van der Waals surface area contributed by atoms with Crippen molar-refractivity contribution in [3.05, 3.63) is 59.7 Å². The quantitative estimate of drug-likeness (QED) is 0.643. The fourth-order valence-electron chi connectivity index (χ4n) is 2.60. The lowest BCUT2D eigenvalue weighted by atomic mass is 10.0. The number of rotatable bonds is 9. The van der Waals surface area contributed by atoms with Gasteiger partial charge in [0.2, 0.25) is 10.0 Å². The van der Waals surface area contributed by atoms with Gasteiger partial charge in [0.1, 0.15) is 0 Å². The van der Waals surface area contributed by atoms with Gasteiger partial charge in [-0.05, 0) is 48.2 Å². The molecule has 2 aromatic carbocycles. The maximum atomic E-state index is 12.5. The van der Waals surface area contributed by atoms with E-state index in [1.54, 1.807) is 7.11 Å². The normalized spacial score (nSPS) is 11.6. The highest BCUT2D eigenvalue weighted by molar-refractivity contribution is 7.89. The number of carbonyl (C=O) groups excluding carboxylic acids is 1. The number of sulfonamides is 1. The molecule has 2 aromatic rings. The Balaban J connectivity index is 2.07. The van der Waals surface area contributed by atoms with Crippen LogP contribution in [0.2, 0.25) is 0 Å². The highest BCUT2D eigenvalue weighted by Gasteiger charge is 2.15. The molecule has 0 atom stereocenters. The monoisotopic (exact) mass is 390 g/mol. The van der Waals surface area contributed by atoms with E-state index in [9.17, 15) is 13.2 Å². The average Bonchev–Trinajstić information content (AvgIpc) is 2.65. The van der Waals surface area contributed by atoms with Gasteiger partial charge in [-0.1, -0.05) is 32.0 Å². The van der Waals surface area contributed by atoms with Crippen molar-refractivity contribution in [1.29, 1.82) is 0 Å². The van der Waals surface area contributed by atoms with E-state index in [1.165, 1.54) is 24.3 Å². The Morgan fingerprint density at radius 2 is 1.74 bits per heavy atom. The Hall–Kier alpha value is -2.22. The molecule has 2 rings (SSSR count). The Bertz CT molecular complexity index is 862. The predicted molar refractivity (Wildman–Crippen MR) is 107 cm³/mol. The first kappa shape index (κ1) is 21.1. The van der Waals surface area contributed by atoms with E-state index in [1.807, 2.05) is 24.3 Å². The summed E-state index contributed by atoms with van der Waals surface area (Å²) in [6.07, 6.45) is 0.589. The number of methoxy groups -OCH3 is 1. The number of hydrogen-bond acceptors (Lipinski definition) is 4. The minimum absolute atomic E-state index is 0.124. The number of anilines is 1. The largest absolute Gasteiger partial charge is 0.385 e. The van der Waals surface area contributed by atoms with Gasteiger partial charge in [0.25, 0.3) is 5.91 Å². The Kier molecular flexibility index (Phi) is 7.53. The number of ether oxygens (including phenoxy) is 1. The number of carbonyl (C=O) groups is 1. The van der Waals surface area contributed by atoms with E-state index < -0.39 is 10.0 Å². The van der Waals surface area contributed by atoms with Gasteiger partial charge in [0.15, 0.2) is 0 Å². The Morgan fingerprint density at radius 3 is 2.37 bits per heavy atom. The van der Waals surface area contributed by atoms with E-state index in [0.717, 1.165) is 11.3 Å². The lowest BCUT2D eigenvalue weighted by molar-refractivity contribution is 0.102. The van der Waals surface area contributed by atoms with Crippen LogP contribution in [0.15, 0.2) is 53.4 Å². The van der Waals surface area contributed by atoms with Crippen molar-refractivity contribution in [2.24, 2.45) is 0 Å². The molecule has 7 heteroatoms. The van der Waals surface area contributed by atoms with E-state index >= 15 is 0 Å². The summed E-state index contributed by atoms with van der Waals surface area (Å²) in [6, 6.07) is 13.5. The molecule has 27 heavy (non-hydrogen) atoms. The zero-order chi connectivity index (χ0) is 19.9. The Morgan fingerprint density at radius 1 is 1.07 bits per heavy atom. The zero-order valence-electron chi connectivity index (χ0n) is 15.9. The van der Waals surface area contributed by atoms with Crippen molar-refractivity contribution in [3.8, 4) is 0 Å². The van der Waals surface area contributed by atoms with Crippen molar-refractivity contribution >= 4 is 21.6 Å². The number of nitrogens with one attached hydrogen (secondary N) is 2. The number of amides is 1. The molecule has 0 heterocycles. The summed E-state index contributed by atoms with van der Waals surface area (Å²) in [5.41, 5.74) is 2.20. The second-order valence-electron chi connectivity index (χ2n) is 6.46. The van der Waals surface area contributed by atoms with Crippen molar-refractivity contribution in [2.45, 2.75) is 31.1 Å². The van der Waals surface area contributed by atoms with Crippen LogP contribution in [-0.4, -0.2) is 34.6 Å². The molecule has 0 radical (unpaired) electrons. The molecule has 0 fully saturated rings. The smallest absolute Gasteiger partial charge is 0.255 e. The van der Waals surface area contributed by atoms with Gasteiger partial charge >= 0.3 is 0 Å². The SMILES string of the molecule is COCCCNS(=O)(=O)c1ccc(C(=O)Nc2ccccc2C(C)C)cc1. The third-order valence-corrected chi connectivity index (χ3v) is 5.55. The van der Waals surface area contributed by atoms with Crippen LogP contribution in [0.1, 0.15) is 42.1 Å². The van der Waals surface area contributed by atoms with Crippen LogP contribution in [0.4, 0.5) is 5.69 Å². The van der Waals surface area contributed by atoms with Gasteiger partial charge < -0.3 is 10.1 Å². The molecular weight excluding hydrogens is 364 g/mol. The van der Waals surface area contributed by atoms with Gasteiger partial charge in [-0.3, -0.25) is 4.79 Å². The molecule has 0 aromatic heterocycles. The molecule has 2 N–H and O–H groups in total. The van der Waals surface area contributed by atoms with Crippen LogP contribution in [0, 0.1) is 0 Å². The van der Waals surface area contributed by atoms with Gasteiger partial charge in [0, 0.05) is 31.5 Å². The van der Waals surface area contributed by atoms with Gasteiger partial charge in [-0.2, -0.15) is 0 Å². The van der Waals surface area contributed by atoms with Gasteiger partial charge in [-0.15, -0.1) is 0 Å². The lowest BCUT2D eigenvalue weighted by Crippen LogP contribution is -2.25. The summed E-state index contributed by atoms with van der Waals surface area (Å²) in [7, 11) is -2.03. The second kappa shape index (κ2) is 9.64. The maximum absolute atomic E-state index is 12.5.